The highest BCUT2D eigenvalue weighted by molar-refractivity contribution is 9.09. The fraction of sp³-hybridized carbons (Fsp3) is 0.759. The van der Waals surface area contributed by atoms with Crippen LogP contribution in [0.25, 0.3) is 0 Å². The van der Waals surface area contributed by atoms with Crippen molar-refractivity contribution in [3.63, 3.8) is 0 Å². The van der Waals surface area contributed by atoms with Crippen molar-refractivity contribution in [3.8, 4) is 0 Å². The van der Waals surface area contributed by atoms with Gasteiger partial charge < -0.3 is 24.5 Å². The van der Waals surface area contributed by atoms with Crippen LogP contribution in [-0.2, 0) is 19.1 Å². The fourth-order valence-electron chi connectivity index (χ4n) is 6.96. The second-order valence-corrected chi connectivity index (χ2v) is 13.9. The number of hydrogen-bond acceptors (Lipinski definition) is 7. The summed E-state index contributed by atoms with van der Waals surface area (Å²) < 4.78 is 4.81. The molecule has 4 saturated heterocycles. The summed E-state index contributed by atoms with van der Waals surface area (Å²) in [5.41, 5.74) is 0. The Morgan fingerprint density at radius 2 is 1.80 bits per heavy atom. The summed E-state index contributed by atoms with van der Waals surface area (Å²) in [6.07, 6.45) is 6.12. The van der Waals surface area contributed by atoms with Crippen LogP contribution in [0.5, 0.6) is 0 Å². The normalized spacial score (nSPS) is 31.3. The second kappa shape index (κ2) is 14.2. The Morgan fingerprint density at radius 1 is 1.12 bits per heavy atom. The summed E-state index contributed by atoms with van der Waals surface area (Å²) in [6.45, 7) is 16.0. The van der Waals surface area contributed by atoms with Crippen molar-refractivity contribution >= 4 is 45.4 Å². The smallest absolute Gasteiger partial charge is 0.247 e. The van der Waals surface area contributed by atoms with Gasteiger partial charge in [-0.3, -0.25) is 19.3 Å². The van der Waals surface area contributed by atoms with Crippen LogP contribution in [0.1, 0.15) is 32.6 Å². The topological polar surface area (TPSA) is 93.6 Å². The first-order valence-corrected chi connectivity index (χ1v) is 16.5. The molecule has 3 amide bonds. The Kier molecular flexibility index (Phi) is 11.2. The number of fused-ring (bicyclic) bond motifs is 1. The van der Waals surface area contributed by atoms with Crippen LogP contribution < -0.4 is 0 Å². The molecule has 4 aliphatic rings. The first-order valence-electron chi connectivity index (χ1n) is 14.7. The van der Waals surface area contributed by atoms with E-state index >= 15 is 0 Å². The van der Waals surface area contributed by atoms with Crippen molar-refractivity contribution < 1.29 is 24.2 Å². The van der Waals surface area contributed by atoms with Crippen molar-refractivity contribution in [1.82, 2.24) is 19.6 Å². The van der Waals surface area contributed by atoms with E-state index in [0.29, 0.717) is 65.2 Å². The lowest BCUT2D eigenvalue weighted by atomic mass is 9.70. The van der Waals surface area contributed by atoms with Gasteiger partial charge in [0, 0.05) is 69.0 Å². The minimum absolute atomic E-state index is 0.0118. The number of aliphatic hydroxyl groups excluding tert-OH is 1. The van der Waals surface area contributed by atoms with Crippen molar-refractivity contribution in [1.29, 1.82) is 0 Å². The molecule has 0 saturated carbocycles. The van der Waals surface area contributed by atoms with E-state index in [0.717, 1.165) is 26.1 Å². The second-order valence-electron chi connectivity index (χ2n) is 11.2. The molecule has 1 spiro atoms. The van der Waals surface area contributed by atoms with E-state index in [2.05, 4.69) is 34.0 Å². The number of nitrogens with zero attached hydrogens (tertiary/aromatic N) is 4. The summed E-state index contributed by atoms with van der Waals surface area (Å²) >= 11 is 5.54. The molecule has 6 atom stereocenters. The molecule has 1 N–H and O–H groups in total. The molecule has 0 aromatic rings. The molecule has 4 aliphatic heterocycles. The third-order valence-corrected chi connectivity index (χ3v) is 11.9. The standard InChI is InChI=1S/C29H45BrN4O5S/c1-4-9-32(10-5-2)26(36)22-23-27(37)34(12-7-8-17-35)25(29(23)20-21(30)24(22)40-29)28(38)33(11-6-3)14-13-31-15-18-39-19-16-31/h4,6,21-25,35H,1,3,5,7-20H2,2H3/t21?,22-,23+,24-,25?,29?/m1/s1. The van der Waals surface area contributed by atoms with Gasteiger partial charge in [0.2, 0.25) is 17.7 Å². The van der Waals surface area contributed by atoms with Crippen LogP contribution in [0.15, 0.2) is 25.3 Å². The van der Waals surface area contributed by atoms with Gasteiger partial charge >= 0.3 is 0 Å². The molecule has 40 heavy (non-hydrogen) atoms. The Bertz CT molecular complexity index is 949. The van der Waals surface area contributed by atoms with Gasteiger partial charge in [-0.15, -0.1) is 24.9 Å². The molecule has 0 radical (unpaired) electrons. The van der Waals surface area contributed by atoms with E-state index < -0.39 is 22.6 Å². The van der Waals surface area contributed by atoms with Gasteiger partial charge in [0.15, 0.2) is 0 Å². The molecule has 0 aliphatic carbocycles. The van der Waals surface area contributed by atoms with Gasteiger partial charge in [-0.05, 0) is 25.7 Å². The highest BCUT2D eigenvalue weighted by Crippen LogP contribution is 2.68. The van der Waals surface area contributed by atoms with E-state index in [9.17, 15) is 19.5 Å². The number of thioether (sulfide) groups is 1. The van der Waals surface area contributed by atoms with Crippen molar-refractivity contribution in [2.75, 3.05) is 72.2 Å². The van der Waals surface area contributed by atoms with Crippen LogP contribution >= 0.6 is 27.7 Å². The Labute approximate surface area is 251 Å². The van der Waals surface area contributed by atoms with Crippen LogP contribution in [0, 0.1) is 11.8 Å². The summed E-state index contributed by atoms with van der Waals surface area (Å²) in [4.78, 5) is 50.5. The average Bonchev–Trinajstić information content (AvgIpc) is 3.54. The van der Waals surface area contributed by atoms with Crippen LogP contribution in [0.2, 0.25) is 0 Å². The van der Waals surface area contributed by atoms with Crippen molar-refractivity contribution in [2.45, 2.75) is 53.5 Å². The number of likely N-dealkylation sites (tertiary alicyclic amines) is 1. The predicted molar refractivity (Wildman–Crippen MR) is 161 cm³/mol. The molecule has 2 bridgehead atoms. The summed E-state index contributed by atoms with van der Waals surface area (Å²) in [5.74, 6) is -1.19. The molecule has 224 valence electrons. The minimum Gasteiger partial charge on any atom is -0.396 e. The number of rotatable bonds is 15. The lowest BCUT2D eigenvalue weighted by molar-refractivity contribution is -0.144. The highest BCUT2D eigenvalue weighted by atomic mass is 79.9. The number of morpholine rings is 1. The molecular formula is C29H45BrN4O5S. The summed E-state index contributed by atoms with van der Waals surface area (Å²) in [5, 5.41) is 9.37. The van der Waals surface area contributed by atoms with E-state index in [1.165, 1.54) is 0 Å². The van der Waals surface area contributed by atoms with Crippen LogP contribution in [0.4, 0.5) is 0 Å². The monoisotopic (exact) mass is 640 g/mol. The summed E-state index contributed by atoms with van der Waals surface area (Å²) in [7, 11) is 0. The third kappa shape index (κ3) is 6.04. The number of hydrogen-bond donors (Lipinski definition) is 1. The molecule has 3 unspecified atom stereocenters. The minimum atomic E-state index is -0.670. The zero-order valence-electron chi connectivity index (χ0n) is 23.7. The number of carbonyl (C=O) groups is 3. The van der Waals surface area contributed by atoms with E-state index in [4.69, 9.17) is 4.74 Å². The number of amides is 3. The summed E-state index contributed by atoms with van der Waals surface area (Å²) in [6, 6.07) is -0.653. The SMILES string of the molecule is C=CCN(CCN1CCOCC1)C(=O)C1N(CCCCO)C(=O)[C@@H]2[C@@H](C(=O)N(CC=C)CCC)[C@@H]3SC12CC3Br. The lowest BCUT2D eigenvalue weighted by Crippen LogP contribution is -2.56. The maximum atomic E-state index is 14.5. The third-order valence-electron chi connectivity index (χ3n) is 8.72. The number of halogens is 1. The zero-order valence-corrected chi connectivity index (χ0v) is 26.1. The Hall–Kier alpha value is -1.40. The van der Waals surface area contributed by atoms with Gasteiger partial charge in [-0.2, -0.15) is 0 Å². The average molecular weight is 642 g/mol. The molecular weight excluding hydrogens is 596 g/mol. The lowest BCUT2D eigenvalue weighted by Gasteiger charge is -2.39. The van der Waals surface area contributed by atoms with Crippen molar-refractivity contribution in [2.24, 2.45) is 11.8 Å². The van der Waals surface area contributed by atoms with E-state index in [1.807, 2.05) is 16.7 Å². The predicted octanol–water partition coefficient (Wildman–Crippen LogP) is 1.99. The van der Waals surface area contributed by atoms with Gasteiger partial charge in [-0.1, -0.05) is 35.0 Å². The highest BCUT2D eigenvalue weighted by Gasteiger charge is 2.75. The molecule has 11 heteroatoms. The first kappa shape index (κ1) is 31.5. The van der Waals surface area contributed by atoms with Crippen LogP contribution in [0.3, 0.4) is 0 Å². The van der Waals surface area contributed by atoms with Gasteiger partial charge in [0.25, 0.3) is 0 Å². The molecule has 4 fully saturated rings. The van der Waals surface area contributed by atoms with Crippen molar-refractivity contribution in [3.05, 3.63) is 25.3 Å². The fourth-order valence-corrected chi connectivity index (χ4v) is 10.6. The Morgan fingerprint density at radius 3 is 2.42 bits per heavy atom. The molecule has 0 aromatic heterocycles. The Balaban J connectivity index is 1.66. The quantitative estimate of drug-likeness (QED) is 0.166. The molecule has 0 aromatic carbocycles. The van der Waals surface area contributed by atoms with E-state index in [1.54, 1.807) is 28.8 Å². The first-order chi connectivity index (χ1) is 19.3. The zero-order chi connectivity index (χ0) is 28.9. The largest absolute Gasteiger partial charge is 0.396 e. The number of carbonyl (C=O) groups excluding carboxylic acids is 3. The molecule has 4 rings (SSSR count). The number of alkyl halides is 1. The molecule has 9 nitrogen and oxygen atoms in total. The maximum Gasteiger partial charge on any atom is 0.247 e. The molecule has 4 heterocycles. The maximum absolute atomic E-state index is 14.5. The number of aliphatic hydroxyl groups is 1. The van der Waals surface area contributed by atoms with Crippen LogP contribution in [-0.4, -0.2) is 135 Å². The van der Waals surface area contributed by atoms with E-state index in [-0.39, 0.29) is 34.4 Å². The van der Waals surface area contributed by atoms with Gasteiger partial charge in [-0.25, -0.2) is 0 Å². The van der Waals surface area contributed by atoms with Gasteiger partial charge in [0.1, 0.15) is 6.04 Å². The van der Waals surface area contributed by atoms with Gasteiger partial charge in [0.05, 0.1) is 29.8 Å². The number of unbranched alkanes of at least 4 members (excludes halogenated alkanes) is 1. The number of ether oxygens (including phenoxy) is 1.